The van der Waals surface area contributed by atoms with Crippen molar-refractivity contribution >= 4 is 34.3 Å². The number of imidazole rings is 1. The van der Waals surface area contributed by atoms with E-state index in [4.69, 9.17) is 11.5 Å². The quantitative estimate of drug-likeness (QED) is 0.334. The van der Waals surface area contributed by atoms with Gasteiger partial charge in [0.25, 0.3) is 0 Å². The minimum Gasteiger partial charge on any atom is -0.399 e. The molecule has 0 unspecified atom stereocenters. The summed E-state index contributed by atoms with van der Waals surface area (Å²) in [6.45, 7) is 1.20. The molecule has 0 saturated carbocycles. The molecule has 0 aliphatic rings. The van der Waals surface area contributed by atoms with E-state index in [1.54, 1.807) is 6.33 Å². The van der Waals surface area contributed by atoms with E-state index in [1.165, 1.54) is 0 Å². The highest BCUT2D eigenvalue weighted by atomic mass is 15.2. The first-order valence-corrected chi connectivity index (χ1v) is 8.55. The van der Waals surface area contributed by atoms with E-state index in [1.807, 2.05) is 48.5 Å². The molecular weight excluding hydrogens is 340 g/mol. The second-order valence-electron chi connectivity index (χ2n) is 6.19. The summed E-state index contributed by atoms with van der Waals surface area (Å²) < 4.78 is 0. The predicted octanol–water partition coefficient (Wildman–Crippen LogP) is 2.74. The number of nitrogens with zero attached hydrogens (tertiary/aromatic N) is 3. The first kappa shape index (κ1) is 16.6. The van der Waals surface area contributed by atoms with Crippen molar-refractivity contribution in [1.29, 1.82) is 0 Å². The number of rotatable bonds is 6. The van der Waals surface area contributed by atoms with Crippen LogP contribution in [0.3, 0.4) is 0 Å². The Bertz CT molecular complexity index is 1040. The number of hydrogen-bond acceptors (Lipinski definition) is 7. The summed E-state index contributed by atoms with van der Waals surface area (Å²) >= 11 is 0. The third-order valence-corrected chi connectivity index (χ3v) is 4.16. The normalized spacial score (nSPS) is 10.8. The maximum atomic E-state index is 5.73. The number of benzene rings is 2. The zero-order valence-electron chi connectivity index (χ0n) is 14.6. The first-order chi connectivity index (χ1) is 13.2. The molecule has 0 saturated heterocycles. The number of anilines is 4. The highest BCUT2D eigenvalue weighted by Gasteiger charge is 2.10. The molecule has 4 aromatic rings. The Morgan fingerprint density at radius 2 is 1.37 bits per heavy atom. The lowest BCUT2D eigenvalue weighted by molar-refractivity contribution is 1.05. The molecule has 0 fully saturated rings. The van der Waals surface area contributed by atoms with Crippen LogP contribution in [0.4, 0.5) is 23.1 Å². The number of nitrogen functional groups attached to an aromatic ring is 2. The zero-order chi connectivity index (χ0) is 18.6. The zero-order valence-corrected chi connectivity index (χ0v) is 14.6. The van der Waals surface area contributed by atoms with Crippen LogP contribution in [-0.2, 0) is 13.1 Å². The van der Waals surface area contributed by atoms with Gasteiger partial charge in [-0.2, -0.15) is 9.97 Å². The maximum absolute atomic E-state index is 5.73. The molecule has 0 amide bonds. The van der Waals surface area contributed by atoms with Crippen molar-refractivity contribution in [3.63, 3.8) is 0 Å². The molecule has 136 valence electrons. The highest BCUT2D eigenvalue weighted by Crippen LogP contribution is 2.20. The van der Waals surface area contributed by atoms with Gasteiger partial charge in [-0.15, -0.1) is 0 Å². The number of aromatic nitrogens is 4. The van der Waals surface area contributed by atoms with Gasteiger partial charge in [0.05, 0.1) is 6.33 Å². The lowest BCUT2D eigenvalue weighted by Gasteiger charge is -2.10. The lowest BCUT2D eigenvalue weighted by atomic mass is 10.2. The van der Waals surface area contributed by atoms with Crippen molar-refractivity contribution in [2.24, 2.45) is 0 Å². The van der Waals surface area contributed by atoms with Gasteiger partial charge >= 0.3 is 0 Å². The minimum absolute atomic E-state index is 0.506. The molecule has 27 heavy (non-hydrogen) atoms. The largest absolute Gasteiger partial charge is 0.399 e. The summed E-state index contributed by atoms with van der Waals surface area (Å²) in [6, 6.07) is 15.4. The van der Waals surface area contributed by atoms with Crippen molar-refractivity contribution in [3.05, 3.63) is 66.0 Å². The summed E-state index contributed by atoms with van der Waals surface area (Å²) in [4.78, 5) is 16.4. The van der Waals surface area contributed by atoms with Gasteiger partial charge in [0.1, 0.15) is 5.52 Å². The van der Waals surface area contributed by atoms with Crippen molar-refractivity contribution in [2.75, 3.05) is 22.1 Å². The Morgan fingerprint density at radius 3 is 2.00 bits per heavy atom. The third kappa shape index (κ3) is 3.90. The van der Waals surface area contributed by atoms with Gasteiger partial charge in [0.2, 0.25) is 5.95 Å². The standard InChI is InChI=1S/C19H20N8/c20-14-5-1-12(2-6-14)9-22-17-16-18(25-11-24-16)27-19(26-17)23-10-13-3-7-15(21)8-4-13/h1-8,11H,9-10,20-21H2,(H3,22,23,24,25,26,27). The van der Waals surface area contributed by atoms with Crippen LogP contribution in [0.1, 0.15) is 11.1 Å². The molecule has 8 nitrogen and oxygen atoms in total. The van der Waals surface area contributed by atoms with Crippen molar-refractivity contribution in [1.82, 2.24) is 19.9 Å². The molecule has 0 atom stereocenters. The van der Waals surface area contributed by atoms with Gasteiger partial charge in [-0.1, -0.05) is 24.3 Å². The Labute approximate surface area is 156 Å². The summed E-state index contributed by atoms with van der Waals surface area (Å²) in [5, 5.41) is 6.57. The van der Waals surface area contributed by atoms with Gasteiger partial charge in [0, 0.05) is 24.5 Å². The van der Waals surface area contributed by atoms with Crippen LogP contribution < -0.4 is 22.1 Å². The molecule has 8 heteroatoms. The Morgan fingerprint density at radius 1 is 0.778 bits per heavy atom. The third-order valence-electron chi connectivity index (χ3n) is 4.16. The average Bonchev–Trinajstić information content (AvgIpc) is 3.16. The molecule has 2 heterocycles. The van der Waals surface area contributed by atoms with E-state index in [0.717, 1.165) is 28.0 Å². The Hall–Kier alpha value is -3.81. The Balaban J connectivity index is 1.52. The summed E-state index contributed by atoms with van der Waals surface area (Å²) in [6.07, 6.45) is 1.61. The fourth-order valence-corrected chi connectivity index (χ4v) is 2.68. The minimum atomic E-state index is 0.506. The van der Waals surface area contributed by atoms with Crippen molar-refractivity contribution in [3.8, 4) is 0 Å². The first-order valence-electron chi connectivity index (χ1n) is 8.55. The van der Waals surface area contributed by atoms with Crippen LogP contribution in [0.15, 0.2) is 54.9 Å². The van der Waals surface area contributed by atoms with Crippen LogP contribution in [0.2, 0.25) is 0 Å². The van der Waals surface area contributed by atoms with E-state index in [0.29, 0.717) is 30.5 Å². The van der Waals surface area contributed by atoms with Gasteiger partial charge < -0.3 is 27.1 Å². The molecule has 2 aromatic carbocycles. The highest BCUT2D eigenvalue weighted by molar-refractivity contribution is 5.83. The van der Waals surface area contributed by atoms with E-state index in [-0.39, 0.29) is 0 Å². The molecule has 0 aliphatic carbocycles. The summed E-state index contributed by atoms with van der Waals surface area (Å²) in [5.74, 6) is 1.19. The maximum Gasteiger partial charge on any atom is 0.227 e. The molecule has 2 aromatic heterocycles. The fraction of sp³-hybridized carbons (Fsp3) is 0.105. The molecule has 0 aliphatic heterocycles. The van der Waals surface area contributed by atoms with Crippen LogP contribution in [0.5, 0.6) is 0 Å². The second-order valence-corrected chi connectivity index (χ2v) is 6.19. The number of H-pyrrole nitrogens is 1. The monoisotopic (exact) mass is 360 g/mol. The molecular formula is C19H20N8. The van der Waals surface area contributed by atoms with Gasteiger partial charge in [0.15, 0.2) is 11.5 Å². The van der Waals surface area contributed by atoms with Crippen LogP contribution in [0.25, 0.3) is 11.2 Å². The topological polar surface area (TPSA) is 131 Å². The van der Waals surface area contributed by atoms with Crippen molar-refractivity contribution < 1.29 is 0 Å². The number of hydrogen-bond donors (Lipinski definition) is 5. The molecule has 7 N–H and O–H groups in total. The molecule has 0 radical (unpaired) electrons. The van der Waals surface area contributed by atoms with Crippen molar-refractivity contribution in [2.45, 2.75) is 13.1 Å². The van der Waals surface area contributed by atoms with Crippen LogP contribution in [-0.4, -0.2) is 19.9 Å². The Kier molecular flexibility index (Phi) is 4.44. The summed E-state index contributed by atoms with van der Waals surface area (Å²) in [7, 11) is 0. The number of aromatic amines is 1. The molecule has 0 bridgehead atoms. The lowest BCUT2D eigenvalue weighted by Crippen LogP contribution is -2.08. The van der Waals surface area contributed by atoms with E-state index in [2.05, 4.69) is 30.6 Å². The van der Waals surface area contributed by atoms with Gasteiger partial charge in [-0.3, -0.25) is 0 Å². The van der Waals surface area contributed by atoms with Gasteiger partial charge in [-0.25, -0.2) is 4.98 Å². The summed E-state index contributed by atoms with van der Waals surface area (Å²) in [5.41, 5.74) is 16.5. The van der Waals surface area contributed by atoms with Crippen LogP contribution >= 0.6 is 0 Å². The van der Waals surface area contributed by atoms with E-state index < -0.39 is 0 Å². The van der Waals surface area contributed by atoms with E-state index in [9.17, 15) is 0 Å². The van der Waals surface area contributed by atoms with E-state index >= 15 is 0 Å². The number of nitrogens with one attached hydrogen (secondary N) is 3. The second kappa shape index (κ2) is 7.20. The molecule has 4 rings (SSSR count). The van der Waals surface area contributed by atoms with Gasteiger partial charge in [-0.05, 0) is 35.4 Å². The fourth-order valence-electron chi connectivity index (χ4n) is 2.68. The smallest absolute Gasteiger partial charge is 0.227 e. The molecule has 0 spiro atoms. The van der Waals surface area contributed by atoms with Crippen LogP contribution in [0, 0.1) is 0 Å². The number of nitrogens with two attached hydrogens (primary N) is 2. The SMILES string of the molecule is Nc1ccc(CNc2nc(NCc3ccc(N)cc3)c3[nH]cnc3n2)cc1. The predicted molar refractivity (Wildman–Crippen MR) is 108 cm³/mol. The number of fused-ring (bicyclic) bond motifs is 1. The average molecular weight is 360 g/mol.